The summed E-state index contributed by atoms with van der Waals surface area (Å²) < 4.78 is 0. The van der Waals surface area contributed by atoms with Crippen molar-refractivity contribution in [2.24, 2.45) is 0 Å². The van der Waals surface area contributed by atoms with Gasteiger partial charge in [-0.1, -0.05) is 0 Å². The van der Waals surface area contributed by atoms with Crippen LogP contribution in [0.5, 0.6) is 0 Å². The molecule has 0 radical (unpaired) electrons. The Morgan fingerprint density at radius 3 is 2.75 bits per heavy atom. The van der Waals surface area contributed by atoms with Gasteiger partial charge < -0.3 is 11.1 Å². The predicted molar refractivity (Wildman–Crippen MR) is 52.1 cm³/mol. The van der Waals surface area contributed by atoms with E-state index in [9.17, 15) is 0 Å². The first-order valence-corrected chi connectivity index (χ1v) is 4.08. The van der Waals surface area contributed by atoms with Crippen molar-refractivity contribution in [2.75, 3.05) is 11.1 Å². The van der Waals surface area contributed by atoms with Crippen LogP contribution in [0.2, 0.25) is 0 Å². The SMILES string of the molecule is Cc1cnc(N)c(NC(C)C)c1. The molecule has 1 rings (SSSR count). The molecule has 0 saturated carbocycles. The summed E-state index contributed by atoms with van der Waals surface area (Å²) >= 11 is 0. The maximum Gasteiger partial charge on any atom is 0.146 e. The van der Waals surface area contributed by atoms with Crippen molar-refractivity contribution in [3.8, 4) is 0 Å². The number of rotatable bonds is 2. The van der Waals surface area contributed by atoms with E-state index in [0.29, 0.717) is 11.9 Å². The molecule has 0 saturated heterocycles. The van der Waals surface area contributed by atoms with E-state index in [0.717, 1.165) is 11.3 Å². The van der Waals surface area contributed by atoms with E-state index in [1.165, 1.54) is 0 Å². The summed E-state index contributed by atoms with van der Waals surface area (Å²) in [5.41, 5.74) is 7.70. The lowest BCUT2D eigenvalue weighted by Crippen LogP contribution is -2.12. The number of nitrogen functional groups attached to an aromatic ring is 1. The summed E-state index contributed by atoms with van der Waals surface area (Å²) in [6, 6.07) is 2.39. The molecular weight excluding hydrogens is 150 g/mol. The highest BCUT2D eigenvalue weighted by atomic mass is 15.0. The fourth-order valence-corrected chi connectivity index (χ4v) is 1.01. The van der Waals surface area contributed by atoms with Crippen LogP contribution in [0, 0.1) is 6.92 Å². The van der Waals surface area contributed by atoms with Gasteiger partial charge in [0.05, 0.1) is 5.69 Å². The summed E-state index contributed by atoms with van der Waals surface area (Å²) in [5.74, 6) is 0.564. The fourth-order valence-electron chi connectivity index (χ4n) is 1.01. The quantitative estimate of drug-likeness (QED) is 0.702. The molecule has 0 atom stereocenters. The Balaban J connectivity index is 2.90. The van der Waals surface area contributed by atoms with E-state index in [-0.39, 0.29) is 0 Å². The molecule has 0 amide bonds. The molecule has 3 N–H and O–H groups in total. The van der Waals surface area contributed by atoms with Crippen molar-refractivity contribution >= 4 is 11.5 Å². The zero-order valence-corrected chi connectivity index (χ0v) is 7.76. The highest BCUT2D eigenvalue weighted by Crippen LogP contribution is 2.16. The molecule has 66 valence electrons. The smallest absolute Gasteiger partial charge is 0.146 e. The summed E-state index contributed by atoms with van der Waals surface area (Å²) in [4.78, 5) is 4.05. The number of hydrogen-bond donors (Lipinski definition) is 2. The zero-order chi connectivity index (χ0) is 9.14. The Labute approximate surface area is 73.0 Å². The van der Waals surface area contributed by atoms with Gasteiger partial charge in [0.2, 0.25) is 0 Å². The second-order valence-electron chi connectivity index (χ2n) is 3.24. The first kappa shape index (κ1) is 8.84. The average molecular weight is 165 g/mol. The van der Waals surface area contributed by atoms with Gasteiger partial charge in [0.1, 0.15) is 5.82 Å². The third-order valence-electron chi connectivity index (χ3n) is 1.50. The van der Waals surface area contributed by atoms with E-state index in [2.05, 4.69) is 24.1 Å². The Morgan fingerprint density at radius 2 is 2.17 bits per heavy atom. The number of nitrogens with one attached hydrogen (secondary N) is 1. The van der Waals surface area contributed by atoms with Crippen molar-refractivity contribution in [1.82, 2.24) is 4.98 Å². The average Bonchev–Trinajstić information content (AvgIpc) is 1.96. The minimum atomic E-state index is 0.385. The van der Waals surface area contributed by atoms with Crippen LogP contribution >= 0.6 is 0 Å². The zero-order valence-electron chi connectivity index (χ0n) is 7.76. The number of aryl methyl sites for hydroxylation is 1. The maximum atomic E-state index is 5.66. The molecule has 0 fully saturated rings. The number of anilines is 2. The van der Waals surface area contributed by atoms with Crippen LogP contribution in [0.3, 0.4) is 0 Å². The third kappa shape index (κ3) is 2.12. The van der Waals surface area contributed by atoms with Gasteiger partial charge >= 0.3 is 0 Å². The van der Waals surface area contributed by atoms with Crippen LogP contribution in [0.4, 0.5) is 11.5 Å². The van der Waals surface area contributed by atoms with Gasteiger partial charge in [0.25, 0.3) is 0 Å². The van der Waals surface area contributed by atoms with Crippen molar-refractivity contribution in [1.29, 1.82) is 0 Å². The molecule has 0 aromatic carbocycles. The summed E-state index contributed by atoms with van der Waals surface area (Å²) in [6.07, 6.45) is 1.76. The lowest BCUT2D eigenvalue weighted by Gasteiger charge is -2.11. The Hall–Kier alpha value is -1.25. The highest BCUT2D eigenvalue weighted by molar-refractivity contribution is 5.62. The number of nitrogens with zero attached hydrogens (tertiary/aromatic N) is 1. The molecule has 3 nitrogen and oxygen atoms in total. The number of nitrogens with two attached hydrogens (primary N) is 1. The minimum Gasteiger partial charge on any atom is -0.382 e. The molecule has 0 unspecified atom stereocenters. The van der Waals surface area contributed by atoms with Crippen molar-refractivity contribution in [3.63, 3.8) is 0 Å². The van der Waals surface area contributed by atoms with E-state index < -0.39 is 0 Å². The topological polar surface area (TPSA) is 50.9 Å². The van der Waals surface area contributed by atoms with Crippen molar-refractivity contribution in [2.45, 2.75) is 26.8 Å². The standard InChI is InChI=1S/C9H15N3/c1-6(2)12-8-4-7(3)5-11-9(8)10/h4-6,12H,1-3H3,(H2,10,11). The molecule has 1 aromatic heterocycles. The fraction of sp³-hybridized carbons (Fsp3) is 0.444. The highest BCUT2D eigenvalue weighted by Gasteiger charge is 2.00. The van der Waals surface area contributed by atoms with Gasteiger partial charge in [-0.3, -0.25) is 0 Å². The largest absolute Gasteiger partial charge is 0.382 e. The molecule has 0 bridgehead atoms. The summed E-state index contributed by atoms with van der Waals surface area (Å²) in [6.45, 7) is 6.14. The molecule has 0 spiro atoms. The van der Waals surface area contributed by atoms with Crippen LogP contribution in [-0.2, 0) is 0 Å². The van der Waals surface area contributed by atoms with Crippen LogP contribution in [0.15, 0.2) is 12.3 Å². The van der Waals surface area contributed by atoms with Gasteiger partial charge in [-0.05, 0) is 32.4 Å². The van der Waals surface area contributed by atoms with E-state index in [1.54, 1.807) is 6.20 Å². The van der Waals surface area contributed by atoms with Gasteiger partial charge in [-0.15, -0.1) is 0 Å². The second-order valence-corrected chi connectivity index (χ2v) is 3.24. The van der Waals surface area contributed by atoms with Crippen LogP contribution in [0.25, 0.3) is 0 Å². The van der Waals surface area contributed by atoms with Gasteiger partial charge in [0, 0.05) is 12.2 Å². The number of aromatic nitrogens is 1. The van der Waals surface area contributed by atoms with Gasteiger partial charge in [-0.25, -0.2) is 4.98 Å². The molecule has 0 aliphatic rings. The van der Waals surface area contributed by atoms with Crippen LogP contribution in [-0.4, -0.2) is 11.0 Å². The van der Waals surface area contributed by atoms with E-state index in [4.69, 9.17) is 5.73 Å². The van der Waals surface area contributed by atoms with Crippen LogP contribution < -0.4 is 11.1 Å². The Morgan fingerprint density at radius 1 is 1.50 bits per heavy atom. The van der Waals surface area contributed by atoms with E-state index in [1.807, 2.05) is 13.0 Å². The third-order valence-corrected chi connectivity index (χ3v) is 1.50. The van der Waals surface area contributed by atoms with Crippen molar-refractivity contribution < 1.29 is 0 Å². The normalized spacial score (nSPS) is 10.3. The Kier molecular flexibility index (Phi) is 2.53. The summed E-state index contributed by atoms with van der Waals surface area (Å²) in [5, 5.41) is 3.23. The lowest BCUT2D eigenvalue weighted by molar-refractivity contribution is 0.898. The molecule has 3 heteroatoms. The van der Waals surface area contributed by atoms with Gasteiger partial charge in [0.15, 0.2) is 0 Å². The number of pyridine rings is 1. The van der Waals surface area contributed by atoms with Crippen molar-refractivity contribution in [3.05, 3.63) is 17.8 Å². The first-order chi connectivity index (χ1) is 5.59. The number of hydrogen-bond acceptors (Lipinski definition) is 3. The predicted octanol–water partition coefficient (Wildman–Crippen LogP) is 1.79. The summed E-state index contributed by atoms with van der Waals surface area (Å²) in [7, 11) is 0. The lowest BCUT2D eigenvalue weighted by atomic mass is 10.2. The molecule has 12 heavy (non-hydrogen) atoms. The molecule has 0 aliphatic carbocycles. The molecule has 1 aromatic rings. The van der Waals surface area contributed by atoms with Gasteiger partial charge in [-0.2, -0.15) is 0 Å². The van der Waals surface area contributed by atoms with Crippen LogP contribution in [0.1, 0.15) is 19.4 Å². The minimum absolute atomic E-state index is 0.385. The molecule has 1 heterocycles. The second kappa shape index (κ2) is 3.43. The molecular formula is C9H15N3. The maximum absolute atomic E-state index is 5.66. The monoisotopic (exact) mass is 165 g/mol. The first-order valence-electron chi connectivity index (χ1n) is 4.08. The van der Waals surface area contributed by atoms with E-state index >= 15 is 0 Å². The molecule has 0 aliphatic heterocycles. The Bertz CT molecular complexity index is 268.